The van der Waals surface area contributed by atoms with Crippen LogP contribution >= 0.6 is 0 Å². The summed E-state index contributed by atoms with van der Waals surface area (Å²) in [4.78, 5) is 27.8. The molecule has 1 N–H and O–H groups in total. The predicted molar refractivity (Wildman–Crippen MR) is 122 cm³/mol. The van der Waals surface area contributed by atoms with Crippen LogP contribution in [0.1, 0.15) is 28.8 Å². The number of aromatic nitrogens is 3. The van der Waals surface area contributed by atoms with E-state index < -0.39 is 12.6 Å². The zero-order chi connectivity index (χ0) is 24.0. The SMILES string of the molecule is O=C(Nc1ccc(CCC(F)(F)F)cc1)c1cnc(N2CCCOCC2)c(-c2cncnc2)c1. The van der Waals surface area contributed by atoms with E-state index in [1.165, 1.54) is 12.5 Å². The normalized spacial score (nSPS) is 14.5. The lowest BCUT2D eigenvalue weighted by atomic mass is 10.1. The minimum Gasteiger partial charge on any atom is -0.380 e. The van der Waals surface area contributed by atoms with Crippen molar-refractivity contribution < 1.29 is 22.7 Å². The van der Waals surface area contributed by atoms with E-state index in [0.29, 0.717) is 36.6 Å². The molecule has 0 bridgehead atoms. The molecule has 3 aromatic rings. The fraction of sp³-hybridized carbons (Fsp3) is 0.333. The van der Waals surface area contributed by atoms with E-state index >= 15 is 0 Å². The number of nitrogens with zero attached hydrogens (tertiary/aromatic N) is 4. The van der Waals surface area contributed by atoms with Gasteiger partial charge in [0.25, 0.3) is 5.91 Å². The van der Waals surface area contributed by atoms with Gasteiger partial charge in [0.05, 0.1) is 12.2 Å². The molecule has 4 rings (SSSR count). The maximum Gasteiger partial charge on any atom is 0.389 e. The number of pyridine rings is 1. The van der Waals surface area contributed by atoms with Gasteiger partial charge in [0, 0.05) is 61.5 Å². The zero-order valence-electron chi connectivity index (χ0n) is 18.4. The van der Waals surface area contributed by atoms with Crippen molar-refractivity contribution >= 4 is 17.4 Å². The van der Waals surface area contributed by atoms with Crippen molar-refractivity contribution in [2.75, 3.05) is 36.5 Å². The van der Waals surface area contributed by atoms with Crippen molar-refractivity contribution in [3.63, 3.8) is 0 Å². The molecule has 1 aromatic carbocycles. The zero-order valence-corrected chi connectivity index (χ0v) is 18.4. The Morgan fingerprint density at radius 1 is 1.06 bits per heavy atom. The molecule has 0 spiro atoms. The highest BCUT2D eigenvalue weighted by Crippen LogP contribution is 2.30. The predicted octanol–water partition coefficient (Wildman–Crippen LogP) is 4.51. The van der Waals surface area contributed by atoms with Gasteiger partial charge in [0.15, 0.2) is 0 Å². The molecule has 1 fully saturated rings. The van der Waals surface area contributed by atoms with Crippen LogP contribution in [0, 0.1) is 0 Å². The lowest BCUT2D eigenvalue weighted by Crippen LogP contribution is -2.27. The summed E-state index contributed by atoms with van der Waals surface area (Å²) in [6.07, 6.45) is 1.97. The first-order valence-corrected chi connectivity index (χ1v) is 10.9. The van der Waals surface area contributed by atoms with Gasteiger partial charge >= 0.3 is 6.18 Å². The van der Waals surface area contributed by atoms with Crippen molar-refractivity contribution in [1.82, 2.24) is 15.0 Å². The molecule has 1 amide bonds. The monoisotopic (exact) mass is 471 g/mol. The summed E-state index contributed by atoms with van der Waals surface area (Å²) in [5.74, 6) is 0.352. The van der Waals surface area contributed by atoms with Crippen LogP contribution in [0.4, 0.5) is 24.7 Å². The van der Waals surface area contributed by atoms with Crippen molar-refractivity contribution in [2.45, 2.75) is 25.4 Å². The van der Waals surface area contributed by atoms with E-state index in [4.69, 9.17) is 4.74 Å². The molecule has 34 heavy (non-hydrogen) atoms. The average Bonchev–Trinajstić information content (AvgIpc) is 3.13. The number of halogens is 3. The summed E-state index contributed by atoms with van der Waals surface area (Å²) in [5.41, 5.74) is 2.85. The topological polar surface area (TPSA) is 80.2 Å². The van der Waals surface area contributed by atoms with Crippen molar-refractivity contribution in [3.05, 3.63) is 66.4 Å². The number of hydrogen-bond acceptors (Lipinski definition) is 6. The molecule has 0 aliphatic carbocycles. The molecular formula is C24H24F3N5O2. The number of benzene rings is 1. The lowest BCUT2D eigenvalue weighted by molar-refractivity contribution is -0.134. The minimum atomic E-state index is -4.20. The van der Waals surface area contributed by atoms with Gasteiger partial charge in [-0.2, -0.15) is 13.2 Å². The highest BCUT2D eigenvalue weighted by atomic mass is 19.4. The van der Waals surface area contributed by atoms with Gasteiger partial charge in [0.1, 0.15) is 12.1 Å². The Kier molecular flexibility index (Phi) is 7.36. The van der Waals surface area contributed by atoms with Crippen LogP contribution in [0.5, 0.6) is 0 Å². The Bertz CT molecular complexity index is 1100. The molecule has 7 nitrogen and oxygen atoms in total. The number of hydrogen-bond donors (Lipinski definition) is 1. The Morgan fingerprint density at radius 3 is 2.56 bits per heavy atom. The van der Waals surface area contributed by atoms with Gasteiger partial charge in [-0.1, -0.05) is 12.1 Å². The quantitative estimate of drug-likeness (QED) is 0.570. The highest BCUT2D eigenvalue weighted by Gasteiger charge is 2.26. The second kappa shape index (κ2) is 10.6. The minimum absolute atomic E-state index is 0.104. The van der Waals surface area contributed by atoms with Gasteiger partial charge in [-0.15, -0.1) is 0 Å². The third kappa shape index (κ3) is 6.28. The van der Waals surface area contributed by atoms with E-state index in [1.54, 1.807) is 42.7 Å². The summed E-state index contributed by atoms with van der Waals surface area (Å²) in [5, 5.41) is 2.78. The number of ether oxygens (including phenoxy) is 1. The first-order valence-electron chi connectivity index (χ1n) is 10.9. The largest absolute Gasteiger partial charge is 0.389 e. The number of rotatable bonds is 6. The Balaban J connectivity index is 1.54. The summed E-state index contributed by atoms with van der Waals surface area (Å²) in [6.45, 7) is 2.74. The molecule has 0 atom stereocenters. The van der Waals surface area contributed by atoms with Gasteiger partial charge in [0.2, 0.25) is 0 Å². The van der Waals surface area contributed by atoms with Crippen molar-refractivity contribution in [2.24, 2.45) is 0 Å². The Hall–Kier alpha value is -3.53. The lowest BCUT2D eigenvalue weighted by Gasteiger charge is -2.24. The molecule has 0 unspecified atom stereocenters. The Labute approximate surface area is 195 Å². The molecule has 1 saturated heterocycles. The molecule has 0 saturated carbocycles. The number of carbonyl (C=O) groups is 1. The summed E-state index contributed by atoms with van der Waals surface area (Å²) in [6, 6.07) is 8.09. The van der Waals surface area contributed by atoms with Crippen LogP contribution in [0.2, 0.25) is 0 Å². The van der Waals surface area contributed by atoms with Crippen LogP contribution in [-0.2, 0) is 11.2 Å². The van der Waals surface area contributed by atoms with Crippen LogP contribution in [-0.4, -0.2) is 53.3 Å². The molecular weight excluding hydrogens is 447 g/mol. The smallest absolute Gasteiger partial charge is 0.380 e. The standard InChI is InChI=1S/C24H24F3N5O2/c25-24(26,27)7-6-17-2-4-20(5-3-17)31-23(33)18-12-21(19-13-28-16-29-14-19)22(30-15-18)32-8-1-10-34-11-9-32/h2-5,12-16H,1,6-11H2,(H,31,33). The van der Waals surface area contributed by atoms with Crippen molar-refractivity contribution in [1.29, 1.82) is 0 Å². The fourth-order valence-electron chi connectivity index (χ4n) is 3.69. The first-order chi connectivity index (χ1) is 16.4. The van der Waals surface area contributed by atoms with Crippen LogP contribution in [0.15, 0.2) is 55.2 Å². The molecule has 0 radical (unpaired) electrons. The van der Waals surface area contributed by atoms with E-state index in [2.05, 4.69) is 25.2 Å². The number of aryl methyl sites for hydroxylation is 1. The van der Waals surface area contributed by atoms with Crippen molar-refractivity contribution in [3.8, 4) is 11.1 Å². The fourth-order valence-corrected chi connectivity index (χ4v) is 3.69. The molecule has 178 valence electrons. The molecule has 1 aliphatic heterocycles. The van der Waals surface area contributed by atoms with Crippen LogP contribution < -0.4 is 10.2 Å². The summed E-state index contributed by atoms with van der Waals surface area (Å²) < 4.78 is 42.8. The number of alkyl halides is 3. The number of nitrogens with one attached hydrogen (secondary N) is 1. The van der Waals surface area contributed by atoms with Crippen LogP contribution in [0.3, 0.4) is 0 Å². The molecule has 1 aliphatic rings. The van der Waals surface area contributed by atoms with Gasteiger partial charge < -0.3 is 15.0 Å². The molecule has 10 heteroatoms. The Morgan fingerprint density at radius 2 is 1.82 bits per heavy atom. The first kappa shape index (κ1) is 23.6. The number of carbonyl (C=O) groups excluding carboxylic acids is 1. The maximum absolute atomic E-state index is 12.9. The molecule has 2 aromatic heterocycles. The number of anilines is 2. The second-order valence-electron chi connectivity index (χ2n) is 7.94. The second-order valence-corrected chi connectivity index (χ2v) is 7.94. The summed E-state index contributed by atoms with van der Waals surface area (Å²) in [7, 11) is 0. The number of amides is 1. The van der Waals surface area contributed by atoms with E-state index in [9.17, 15) is 18.0 Å². The van der Waals surface area contributed by atoms with Gasteiger partial charge in [-0.25, -0.2) is 15.0 Å². The van der Waals surface area contributed by atoms with Gasteiger partial charge in [-0.3, -0.25) is 4.79 Å². The van der Waals surface area contributed by atoms with E-state index in [-0.39, 0.29) is 12.3 Å². The van der Waals surface area contributed by atoms with Crippen LogP contribution in [0.25, 0.3) is 11.1 Å². The average molecular weight is 471 g/mol. The summed E-state index contributed by atoms with van der Waals surface area (Å²) >= 11 is 0. The van der Waals surface area contributed by atoms with Gasteiger partial charge in [-0.05, 0) is 36.6 Å². The molecule has 3 heterocycles. The van der Waals surface area contributed by atoms with E-state index in [0.717, 1.165) is 29.9 Å². The third-order valence-corrected chi connectivity index (χ3v) is 5.43. The highest BCUT2D eigenvalue weighted by molar-refractivity contribution is 6.05. The maximum atomic E-state index is 12.9. The van der Waals surface area contributed by atoms with E-state index in [1.807, 2.05) is 0 Å². The third-order valence-electron chi connectivity index (χ3n) is 5.43.